The van der Waals surface area contributed by atoms with E-state index in [0.29, 0.717) is 10.8 Å². The summed E-state index contributed by atoms with van der Waals surface area (Å²) in [5.41, 5.74) is 0. The lowest BCUT2D eigenvalue weighted by atomic mass is 10.1. The third-order valence-corrected chi connectivity index (χ3v) is 5.79. The fraction of sp³-hybridized carbons (Fsp3) is 0.615. The van der Waals surface area contributed by atoms with Crippen LogP contribution < -0.4 is 4.72 Å². The summed E-state index contributed by atoms with van der Waals surface area (Å²) in [6, 6.07) is 1.05. The van der Waals surface area contributed by atoms with E-state index in [1.165, 1.54) is 6.07 Å². The maximum Gasteiger partial charge on any atom is 0.345 e. The summed E-state index contributed by atoms with van der Waals surface area (Å²) in [5, 5.41) is 8.91. The fourth-order valence-corrected chi connectivity index (χ4v) is 4.52. The Kier molecular flexibility index (Phi) is 5.73. The number of carboxylic acids is 1. The predicted octanol–water partition coefficient (Wildman–Crippen LogP) is 2.86. The Morgan fingerprint density at radius 2 is 1.95 bits per heavy atom. The average Bonchev–Trinajstić information content (AvgIpc) is 2.69. The topological polar surface area (TPSA) is 83.5 Å². The van der Waals surface area contributed by atoms with Crippen molar-refractivity contribution in [1.29, 1.82) is 0 Å². The Bertz CT molecular complexity index is 575. The Morgan fingerprint density at radius 3 is 2.40 bits per heavy atom. The quantitative estimate of drug-likeness (QED) is 0.809. The number of carbonyl (C=O) groups is 1. The van der Waals surface area contributed by atoms with Gasteiger partial charge >= 0.3 is 5.97 Å². The summed E-state index contributed by atoms with van der Waals surface area (Å²) in [6.45, 7) is 7.61. The van der Waals surface area contributed by atoms with Crippen LogP contribution in [0.25, 0.3) is 0 Å². The van der Waals surface area contributed by atoms with Gasteiger partial charge in [0.05, 0.1) is 4.90 Å². The van der Waals surface area contributed by atoms with Gasteiger partial charge in [-0.25, -0.2) is 17.9 Å². The van der Waals surface area contributed by atoms with E-state index in [4.69, 9.17) is 5.11 Å². The lowest BCUT2D eigenvalue weighted by Gasteiger charge is -2.15. The van der Waals surface area contributed by atoms with Crippen molar-refractivity contribution >= 4 is 27.3 Å². The van der Waals surface area contributed by atoms with Gasteiger partial charge in [-0.05, 0) is 38.7 Å². The van der Waals surface area contributed by atoms with Gasteiger partial charge < -0.3 is 5.11 Å². The van der Waals surface area contributed by atoms with Gasteiger partial charge in [0.2, 0.25) is 10.0 Å². The molecule has 20 heavy (non-hydrogen) atoms. The van der Waals surface area contributed by atoms with Gasteiger partial charge in [0.1, 0.15) is 4.88 Å². The molecule has 0 amide bonds. The van der Waals surface area contributed by atoms with E-state index in [-0.39, 0.29) is 15.8 Å². The van der Waals surface area contributed by atoms with Crippen molar-refractivity contribution in [1.82, 2.24) is 4.72 Å². The zero-order valence-electron chi connectivity index (χ0n) is 12.1. The standard InChI is InChI=1S/C13H21NO4S2/c1-8(2)5-6-9(3)14-20(17,18)12-7-11(13(15)16)19-10(12)4/h7-9,14H,5-6H2,1-4H3,(H,15,16). The molecule has 0 saturated heterocycles. The molecule has 1 aromatic heterocycles. The van der Waals surface area contributed by atoms with Crippen molar-refractivity contribution in [2.24, 2.45) is 5.92 Å². The zero-order valence-corrected chi connectivity index (χ0v) is 13.8. The van der Waals surface area contributed by atoms with E-state index < -0.39 is 16.0 Å². The molecule has 0 saturated carbocycles. The predicted molar refractivity (Wildman–Crippen MR) is 79.9 cm³/mol. The van der Waals surface area contributed by atoms with Crippen LogP contribution in [0, 0.1) is 12.8 Å². The Morgan fingerprint density at radius 1 is 1.35 bits per heavy atom. The highest BCUT2D eigenvalue weighted by Gasteiger charge is 2.23. The molecule has 1 heterocycles. The van der Waals surface area contributed by atoms with Crippen LogP contribution in [0.5, 0.6) is 0 Å². The van der Waals surface area contributed by atoms with Crippen molar-refractivity contribution in [2.75, 3.05) is 0 Å². The number of aromatic carboxylic acids is 1. The molecule has 1 rings (SSSR count). The number of sulfonamides is 1. The van der Waals surface area contributed by atoms with Crippen LogP contribution in [-0.2, 0) is 10.0 Å². The SMILES string of the molecule is Cc1sc(C(=O)O)cc1S(=O)(=O)NC(C)CCC(C)C. The molecule has 0 bridgehead atoms. The van der Waals surface area contributed by atoms with Crippen LogP contribution in [0.3, 0.4) is 0 Å². The van der Waals surface area contributed by atoms with Crippen molar-refractivity contribution in [3.05, 3.63) is 15.8 Å². The molecule has 1 atom stereocenters. The molecule has 0 aliphatic carbocycles. The molecule has 7 heteroatoms. The number of carboxylic acid groups (broad SMARTS) is 1. The first kappa shape index (κ1) is 17.1. The third kappa shape index (κ3) is 4.57. The minimum atomic E-state index is -3.65. The first-order valence-corrected chi connectivity index (χ1v) is 8.79. The molecule has 5 nitrogen and oxygen atoms in total. The largest absolute Gasteiger partial charge is 0.477 e. The molecule has 1 aromatic rings. The summed E-state index contributed by atoms with van der Waals surface area (Å²) in [6.07, 6.45) is 1.69. The Balaban J connectivity index is 2.86. The van der Waals surface area contributed by atoms with Gasteiger partial charge in [-0.1, -0.05) is 13.8 Å². The smallest absolute Gasteiger partial charge is 0.345 e. The van der Waals surface area contributed by atoms with Crippen LogP contribution in [-0.4, -0.2) is 25.5 Å². The van der Waals surface area contributed by atoms with E-state index >= 15 is 0 Å². The fourth-order valence-electron chi connectivity index (χ4n) is 1.81. The zero-order chi connectivity index (χ0) is 15.5. The average molecular weight is 319 g/mol. The summed E-state index contributed by atoms with van der Waals surface area (Å²) < 4.78 is 27.1. The van der Waals surface area contributed by atoms with Gasteiger partial charge in [-0.15, -0.1) is 11.3 Å². The minimum absolute atomic E-state index is 0.0395. The second-order valence-electron chi connectivity index (χ2n) is 5.33. The summed E-state index contributed by atoms with van der Waals surface area (Å²) >= 11 is 0.976. The first-order chi connectivity index (χ1) is 9.13. The number of nitrogens with one attached hydrogen (secondary N) is 1. The number of hydrogen-bond donors (Lipinski definition) is 2. The highest BCUT2D eigenvalue weighted by Crippen LogP contribution is 2.26. The molecular formula is C13H21NO4S2. The van der Waals surface area contributed by atoms with Crippen LogP contribution in [0.4, 0.5) is 0 Å². The number of aryl methyl sites for hydroxylation is 1. The monoisotopic (exact) mass is 319 g/mol. The summed E-state index contributed by atoms with van der Waals surface area (Å²) in [5.74, 6) is -0.587. The minimum Gasteiger partial charge on any atom is -0.477 e. The number of thiophene rings is 1. The second-order valence-corrected chi connectivity index (χ2v) is 8.27. The van der Waals surface area contributed by atoms with E-state index in [0.717, 1.165) is 24.2 Å². The molecule has 0 aliphatic rings. The van der Waals surface area contributed by atoms with Crippen molar-refractivity contribution in [3.63, 3.8) is 0 Å². The summed E-state index contributed by atoms with van der Waals surface area (Å²) in [4.78, 5) is 11.5. The van der Waals surface area contributed by atoms with Crippen LogP contribution in [0.1, 0.15) is 48.2 Å². The molecule has 0 fully saturated rings. The third-order valence-electron chi connectivity index (χ3n) is 2.91. The molecule has 114 valence electrons. The van der Waals surface area contributed by atoms with Gasteiger partial charge in [0, 0.05) is 10.9 Å². The van der Waals surface area contributed by atoms with Crippen molar-refractivity contribution in [2.45, 2.75) is 51.5 Å². The number of hydrogen-bond acceptors (Lipinski definition) is 4. The van der Waals surface area contributed by atoms with E-state index in [2.05, 4.69) is 18.6 Å². The van der Waals surface area contributed by atoms with E-state index in [1.54, 1.807) is 6.92 Å². The molecule has 1 unspecified atom stereocenters. The van der Waals surface area contributed by atoms with Gasteiger partial charge in [0.15, 0.2) is 0 Å². The van der Waals surface area contributed by atoms with Crippen LogP contribution >= 0.6 is 11.3 Å². The highest BCUT2D eigenvalue weighted by atomic mass is 32.2. The number of rotatable bonds is 7. The van der Waals surface area contributed by atoms with E-state index in [1.807, 2.05) is 6.92 Å². The first-order valence-electron chi connectivity index (χ1n) is 6.49. The van der Waals surface area contributed by atoms with Crippen LogP contribution in [0.15, 0.2) is 11.0 Å². The van der Waals surface area contributed by atoms with Gasteiger partial charge in [0.25, 0.3) is 0 Å². The maximum atomic E-state index is 12.2. The van der Waals surface area contributed by atoms with Gasteiger partial charge in [-0.2, -0.15) is 0 Å². The maximum absolute atomic E-state index is 12.2. The lowest BCUT2D eigenvalue weighted by Crippen LogP contribution is -2.32. The Hall–Kier alpha value is -0.920. The normalized spacial score (nSPS) is 13.7. The van der Waals surface area contributed by atoms with Gasteiger partial charge in [-0.3, -0.25) is 0 Å². The van der Waals surface area contributed by atoms with Crippen molar-refractivity contribution in [3.8, 4) is 0 Å². The molecule has 0 radical (unpaired) electrons. The Labute approximate surface area is 124 Å². The van der Waals surface area contributed by atoms with Crippen LogP contribution in [0.2, 0.25) is 0 Å². The molecule has 0 spiro atoms. The summed E-state index contributed by atoms with van der Waals surface area (Å²) in [7, 11) is -3.65. The molecule has 0 aliphatic heterocycles. The van der Waals surface area contributed by atoms with E-state index in [9.17, 15) is 13.2 Å². The van der Waals surface area contributed by atoms with Crippen molar-refractivity contribution < 1.29 is 18.3 Å². The molecule has 0 aromatic carbocycles. The molecular weight excluding hydrogens is 298 g/mol. The highest BCUT2D eigenvalue weighted by molar-refractivity contribution is 7.89. The second kappa shape index (κ2) is 6.69. The lowest BCUT2D eigenvalue weighted by molar-refractivity contribution is 0.0702. The molecule has 2 N–H and O–H groups in total.